The molecule has 0 spiro atoms. The van der Waals surface area contributed by atoms with E-state index in [1.807, 2.05) is 78.9 Å². The number of rotatable bonds is 6. The number of carbonyl (C=O) groups is 3. The molecule has 0 bridgehead atoms. The molecule has 0 radical (unpaired) electrons. The molecule has 0 aliphatic carbocycles. The maximum Gasteiger partial charge on any atom is 0.270 e. The van der Waals surface area contributed by atoms with Crippen LogP contribution in [0.15, 0.2) is 90.6 Å². The summed E-state index contributed by atoms with van der Waals surface area (Å²) in [4.78, 5) is 40.5. The van der Waals surface area contributed by atoms with Crippen LogP contribution in [-0.4, -0.2) is 27.4 Å². The van der Waals surface area contributed by atoms with E-state index in [0.29, 0.717) is 22.9 Å². The molecule has 3 amide bonds. The van der Waals surface area contributed by atoms with Crippen molar-refractivity contribution >= 4 is 63.4 Å². The van der Waals surface area contributed by atoms with Crippen molar-refractivity contribution in [2.75, 3.05) is 10.2 Å². The van der Waals surface area contributed by atoms with Gasteiger partial charge in [-0.15, -0.1) is 0 Å². The molecule has 2 heterocycles. The van der Waals surface area contributed by atoms with Crippen LogP contribution in [0.25, 0.3) is 17.0 Å². The maximum absolute atomic E-state index is 13.5. The molecule has 5 rings (SSSR count). The van der Waals surface area contributed by atoms with Gasteiger partial charge in [0, 0.05) is 28.4 Å². The number of benzene rings is 3. The Hall–Kier alpha value is -4.56. The molecule has 1 fully saturated rings. The number of carbonyl (C=O) groups excluding carboxylic acids is 3. The molecule has 0 saturated carbocycles. The summed E-state index contributed by atoms with van der Waals surface area (Å²) in [5.41, 5.74) is 3.84. The van der Waals surface area contributed by atoms with Gasteiger partial charge in [-0.2, -0.15) is 0 Å². The average molecular weight is 523 g/mol. The van der Waals surface area contributed by atoms with Gasteiger partial charge in [0.15, 0.2) is 5.11 Å². The van der Waals surface area contributed by atoms with E-state index in [0.717, 1.165) is 16.5 Å². The number of amides is 3. The fourth-order valence-electron chi connectivity index (χ4n) is 4.45. The minimum atomic E-state index is -0.561. The molecule has 38 heavy (non-hydrogen) atoms. The highest BCUT2D eigenvalue weighted by Gasteiger charge is 2.34. The lowest BCUT2D eigenvalue weighted by molar-refractivity contribution is -0.122. The molecule has 1 aliphatic rings. The number of fused-ring (bicyclic) bond motifs is 1. The van der Waals surface area contributed by atoms with Crippen LogP contribution >= 0.6 is 12.2 Å². The molecule has 3 aromatic carbocycles. The molecular formula is C30H26N4O3S. The lowest BCUT2D eigenvalue weighted by Gasteiger charge is -2.29. The highest BCUT2D eigenvalue weighted by atomic mass is 32.1. The first-order valence-corrected chi connectivity index (χ1v) is 12.7. The van der Waals surface area contributed by atoms with Crippen molar-refractivity contribution in [2.45, 2.75) is 26.3 Å². The van der Waals surface area contributed by atoms with E-state index in [2.05, 4.69) is 24.5 Å². The van der Waals surface area contributed by atoms with E-state index in [1.54, 1.807) is 16.8 Å². The number of thiocarbonyl (C=S) groups is 1. The second kappa shape index (κ2) is 10.4. The second-order valence-corrected chi connectivity index (χ2v) is 9.73. The molecule has 0 atom stereocenters. The molecule has 190 valence electrons. The van der Waals surface area contributed by atoms with Crippen LogP contribution in [0.5, 0.6) is 0 Å². The highest BCUT2D eigenvalue weighted by Crippen LogP contribution is 2.28. The van der Waals surface area contributed by atoms with E-state index in [4.69, 9.17) is 12.2 Å². The van der Waals surface area contributed by atoms with Gasteiger partial charge < -0.3 is 9.88 Å². The molecule has 2 N–H and O–H groups in total. The van der Waals surface area contributed by atoms with Gasteiger partial charge in [-0.05, 0) is 60.1 Å². The van der Waals surface area contributed by atoms with Crippen LogP contribution < -0.4 is 15.5 Å². The fraction of sp³-hybridized carbons (Fsp3) is 0.133. The van der Waals surface area contributed by atoms with Crippen molar-refractivity contribution in [3.63, 3.8) is 0 Å². The van der Waals surface area contributed by atoms with Gasteiger partial charge in [0.2, 0.25) is 5.91 Å². The molecule has 8 heteroatoms. The number of hydrogen-bond acceptors (Lipinski definition) is 4. The number of hydrogen-bond donors (Lipinski definition) is 2. The predicted molar refractivity (Wildman–Crippen MR) is 154 cm³/mol. The maximum atomic E-state index is 13.5. The van der Waals surface area contributed by atoms with Gasteiger partial charge in [-0.25, -0.2) is 0 Å². The molecule has 1 saturated heterocycles. The Labute approximate surface area is 225 Å². The van der Waals surface area contributed by atoms with E-state index in [1.165, 1.54) is 4.90 Å². The topological polar surface area (TPSA) is 83.4 Å². The Morgan fingerprint density at radius 1 is 0.974 bits per heavy atom. The summed E-state index contributed by atoms with van der Waals surface area (Å²) in [5, 5.41) is 6.37. The Bertz CT molecular complexity index is 1590. The number of anilines is 2. The second-order valence-electron chi connectivity index (χ2n) is 9.35. The van der Waals surface area contributed by atoms with Gasteiger partial charge in [-0.1, -0.05) is 62.4 Å². The lowest BCUT2D eigenvalue weighted by atomic mass is 10.0. The van der Waals surface area contributed by atoms with Crippen LogP contribution in [0.4, 0.5) is 11.4 Å². The minimum Gasteiger partial charge on any atom is -0.337 e. The summed E-state index contributed by atoms with van der Waals surface area (Å²) in [6.45, 7) is 4.25. The average Bonchev–Trinajstić information content (AvgIpc) is 3.24. The molecule has 1 aliphatic heterocycles. The molecule has 4 aromatic rings. The van der Waals surface area contributed by atoms with Crippen molar-refractivity contribution < 1.29 is 14.4 Å². The van der Waals surface area contributed by atoms with Crippen LogP contribution in [0.1, 0.15) is 30.9 Å². The largest absolute Gasteiger partial charge is 0.337 e. The fourth-order valence-corrected chi connectivity index (χ4v) is 4.73. The zero-order chi connectivity index (χ0) is 26.8. The van der Waals surface area contributed by atoms with Gasteiger partial charge in [0.05, 0.1) is 5.69 Å². The van der Waals surface area contributed by atoms with Crippen molar-refractivity contribution in [1.82, 2.24) is 9.88 Å². The summed E-state index contributed by atoms with van der Waals surface area (Å²) < 4.78 is 1.80. The van der Waals surface area contributed by atoms with Crippen molar-refractivity contribution in [3.8, 4) is 0 Å². The first kappa shape index (κ1) is 25.1. The summed E-state index contributed by atoms with van der Waals surface area (Å²) in [6, 6.07) is 24.3. The molecule has 7 nitrogen and oxygen atoms in total. The highest BCUT2D eigenvalue weighted by molar-refractivity contribution is 7.80. The third kappa shape index (κ3) is 4.99. The molecule has 1 aromatic heterocycles. The standard InChI is InChI=1S/C30H26N4O3S/c1-19(2)20-12-14-23(15-13-20)34-29(37)25(28(36)32-30(34)38)16-21-17-33(26-11-7-6-10-24(21)26)18-27(35)31-22-8-4-3-5-9-22/h3-17,19H,18H2,1-2H3,(H,31,35)(H,32,36,38)/b25-16+. The smallest absolute Gasteiger partial charge is 0.270 e. The van der Waals surface area contributed by atoms with Gasteiger partial charge in [-0.3, -0.25) is 24.6 Å². The molecule has 0 unspecified atom stereocenters. The molecular weight excluding hydrogens is 496 g/mol. The number of para-hydroxylation sites is 2. The quantitative estimate of drug-likeness (QED) is 0.206. The van der Waals surface area contributed by atoms with E-state index in [9.17, 15) is 14.4 Å². The Kier molecular flexibility index (Phi) is 6.89. The van der Waals surface area contributed by atoms with Gasteiger partial charge in [0.25, 0.3) is 11.8 Å². The first-order valence-electron chi connectivity index (χ1n) is 12.3. The summed E-state index contributed by atoms with van der Waals surface area (Å²) in [5.74, 6) is -0.914. The van der Waals surface area contributed by atoms with Crippen molar-refractivity contribution in [3.05, 3.63) is 102 Å². The van der Waals surface area contributed by atoms with Gasteiger partial charge >= 0.3 is 0 Å². The normalized spacial score (nSPS) is 14.9. The summed E-state index contributed by atoms with van der Waals surface area (Å²) >= 11 is 5.34. The Balaban J connectivity index is 1.47. The lowest BCUT2D eigenvalue weighted by Crippen LogP contribution is -2.54. The van der Waals surface area contributed by atoms with Crippen LogP contribution in [0.3, 0.4) is 0 Å². The third-order valence-corrected chi connectivity index (χ3v) is 6.70. The zero-order valence-electron chi connectivity index (χ0n) is 21.0. The Morgan fingerprint density at radius 2 is 1.66 bits per heavy atom. The van der Waals surface area contributed by atoms with Crippen LogP contribution in [-0.2, 0) is 20.9 Å². The van der Waals surface area contributed by atoms with E-state index >= 15 is 0 Å². The van der Waals surface area contributed by atoms with Gasteiger partial charge in [0.1, 0.15) is 12.1 Å². The summed E-state index contributed by atoms with van der Waals surface area (Å²) in [7, 11) is 0. The number of aromatic nitrogens is 1. The first-order chi connectivity index (χ1) is 18.3. The van der Waals surface area contributed by atoms with Crippen LogP contribution in [0.2, 0.25) is 0 Å². The Morgan fingerprint density at radius 3 is 2.37 bits per heavy atom. The van der Waals surface area contributed by atoms with Crippen molar-refractivity contribution in [2.24, 2.45) is 0 Å². The van der Waals surface area contributed by atoms with Crippen molar-refractivity contribution in [1.29, 1.82) is 0 Å². The monoisotopic (exact) mass is 522 g/mol. The number of nitrogens with one attached hydrogen (secondary N) is 2. The van der Waals surface area contributed by atoms with E-state index < -0.39 is 11.8 Å². The predicted octanol–water partition coefficient (Wildman–Crippen LogP) is 5.23. The van der Waals surface area contributed by atoms with E-state index in [-0.39, 0.29) is 23.1 Å². The number of nitrogens with zero attached hydrogens (tertiary/aromatic N) is 2. The third-order valence-electron chi connectivity index (χ3n) is 6.41. The zero-order valence-corrected chi connectivity index (χ0v) is 21.8. The minimum absolute atomic E-state index is 0.0365. The SMILES string of the molecule is CC(C)c1ccc(N2C(=O)/C(=C/c3cn(CC(=O)Nc4ccccc4)c4ccccc34)C(=O)NC2=S)cc1. The van der Waals surface area contributed by atoms with Crippen LogP contribution in [0, 0.1) is 0 Å². The summed E-state index contributed by atoms with van der Waals surface area (Å²) in [6.07, 6.45) is 3.33.